The Labute approximate surface area is 100 Å². The molecule has 15 heavy (non-hydrogen) atoms. The zero-order valence-corrected chi connectivity index (χ0v) is 11.0. The lowest BCUT2D eigenvalue weighted by Crippen LogP contribution is -1.98. The summed E-state index contributed by atoms with van der Waals surface area (Å²) in [5.74, 6) is 0.886. The maximum atomic E-state index is 5.53. The quantitative estimate of drug-likeness (QED) is 0.738. The summed E-state index contributed by atoms with van der Waals surface area (Å²) in [6.45, 7) is 5.02. The fourth-order valence-electron chi connectivity index (χ4n) is 1.26. The third kappa shape index (κ3) is 5.17. The fourth-order valence-corrected chi connectivity index (χ4v) is 1.49. The molecular formula is C12H18BrNO. The monoisotopic (exact) mass is 271 g/mol. The summed E-state index contributed by atoms with van der Waals surface area (Å²) in [4.78, 5) is 4.73. The van der Waals surface area contributed by atoms with Crippen LogP contribution in [0.5, 0.6) is 5.75 Å². The average Bonchev–Trinajstić information content (AvgIpc) is 2.24. The minimum atomic E-state index is 0.553. The van der Waals surface area contributed by atoms with Crippen molar-refractivity contribution < 1.29 is 4.74 Å². The lowest BCUT2D eigenvalue weighted by atomic mass is 10.1. The van der Waals surface area contributed by atoms with Gasteiger partial charge in [-0.2, -0.15) is 0 Å². The van der Waals surface area contributed by atoms with Gasteiger partial charge in [-0.15, -0.1) is 0 Å². The van der Waals surface area contributed by atoms with E-state index in [4.69, 9.17) is 4.74 Å². The fraction of sp³-hybridized carbons (Fsp3) is 0.583. The van der Waals surface area contributed by atoms with Crippen molar-refractivity contribution >= 4 is 15.9 Å². The predicted molar refractivity (Wildman–Crippen MR) is 66.7 cm³/mol. The van der Waals surface area contributed by atoms with Crippen LogP contribution in [-0.4, -0.2) is 16.4 Å². The first kappa shape index (κ1) is 12.5. The zero-order valence-electron chi connectivity index (χ0n) is 9.37. The molecule has 2 nitrogen and oxygen atoms in total. The van der Waals surface area contributed by atoms with E-state index in [9.17, 15) is 0 Å². The van der Waals surface area contributed by atoms with Gasteiger partial charge in [0, 0.05) is 11.0 Å². The smallest absolute Gasteiger partial charge is 0.137 e. The molecule has 1 atom stereocenters. The number of rotatable bonds is 6. The number of nitrogens with zero attached hydrogens (tertiary/aromatic N) is 1. The molecule has 0 spiro atoms. The standard InChI is InChI=1S/C12H18BrNO/c1-3-6-15-12-7-11(8-14-9-12)5-4-10(2)13/h7-10H,3-6H2,1-2H3. The van der Waals surface area contributed by atoms with Gasteiger partial charge in [0.25, 0.3) is 0 Å². The molecule has 1 aromatic rings. The van der Waals surface area contributed by atoms with E-state index in [2.05, 4.69) is 40.8 Å². The number of aromatic nitrogens is 1. The van der Waals surface area contributed by atoms with E-state index >= 15 is 0 Å². The molecule has 0 fully saturated rings. The molecule has 1 rings (SSSR count). The summed E-state index contributed by atoms with van der Waals surface area (Å²) in [5, 5.41) is 0. The SMILES string of the molecule is CCCOc1cncc(CCC(C)Br)c1. The lowest BCUT2D eigenvalue weighted by Gasteiger charge is -2.07. The molecule has 3 heteroatoms. The van der Waals surface area contributed by atoms with Crippen LogP contribution in [0.1, 0.15) is 32.3 Å². The van der Waals surface area contributed by atoms with Gasteiger partial charge in [0.15, 0.2) is 0 Å². The van der Waals surface area contributed by atoms with Gasteiger partial charge in [-0.05, 0) is 30.9 Å². The molecule has 0 aliphatic carbocycles. The van der Waals surface area contributed by atoms with Crippen molar-refractivity contribution in [2.75, 3.05) is 6.61 Å². The van der Waals surface area contributed by atoms with Gasteiger partial charge in [-0.25, -0.2) is 0 Å². The highest BCUT2D eigenvalue weighted by atomic mass is 79.9. The normalized spacial score (nSPS) is 12.5. The number of alkyl halides is 1. The Morgan fingerprint density at radius 1 is 1.47 bits per heavy atom. The summed E-state index contributed by atoms with van der Waals surface area (Å²) in [6, 6.07) is 2.08. The average molecular weight is 272 g/mol. The van der Waals surface area contributed by atoms with E-state index < -0.39 is 0 Å². The van der Waals surface area contributed by atoms with Crippen molar-refractivity contribution in [2.45, 2.75) is 37.9 Å². The molecule has 0 amide bonds. The minimum Gasteiger partial charge on any atom is -0.492 e. The van der Waals surface area contributed by atoms with Crippen LogP contribution in [-0.2, 0) is 6.42 Å². The lowest BCUT2D eigenvalue weighted by molar-refractivity contribution is 0.316. The largest absolute Gasteiger partial charge is 0.492 e. The van der Waals surface area contributed by atoms with Crippen LogP contribution in [0.4, 0.5) is 0 Å². The number of halogens is 1. The zero-order chi connectivity index (χ0) is 11.1. The van der Waals surface area contributed by atoms with E-state index in [0.717, 1.165) is 31.6 Å². The molecule has 1 unspecified atom stereocenters. The summed E-state index contributed by atoms with van der Waals surface area (Å²) in [7, 11) is 0. The molecule has 1 aromatic heterocycles. The molecule has 0 saturated carbocycles. The summed E-state index contributed by atoms with van der Waals surface area (Å²) >= 11 is 3.54. The van der Waals surface area contributed by atoms with Gasteiger partial charge in [0.2, 0.25) is 0 Å². The number of hydrogen-bond donors (Lipinski definition) is 0. The molecule has 0 aromatic carbocycles. The molecule has 0 N–H and O–H groups in total. The minimum absolute atomic E-state index is 0.553. The van der Waals surface area contributed by atoms with E-state index in [1.54, 1.807) is 6.20 Å². The molecule has 0 radical (unpaired) electrons. The van der Waals surface area contributed by atoms with Crippen LogP contribution in [0.25, 0.3) is 0 Å². The first-order valence-electron chi connectivity index (χ1n) is 5.43. The Bertz CT molecular complexity index is 289. The first-order valence-corrected chi connectivity index (χ1v) is 6.34. The van der Waals surface area contributed by atoms with Crippen molar-refractivity contribution in [3.05, 3.63) is 24.0 Å². The Hall–Kier alpha value is -0.570. The highest BCUT2D eigenvalue weighted by Crippen LogP contribution is 2.15. The third-order valence-electron chi connectivity index (χ3n) is 2.07. The molecule has 1 heterocycles. The second-order valence-electron chi connectivity index (χ2n) is 3.70. The third-order valence-corrected chi connectivity index (χ3v) is 2.53. The molecule has 0 aliphatic rings. The van der Waals surface area contributed by atoms with Crippen LogP contribution in [0.15, 0.2) is 18.5 Å². The maximum absolute atomic E-state index is 5.53. The topological polar surface area (TPSA) is 22.1 Å². The Morgan fingerprint density at radius 3 is 2.93 bits per heavy atom. The summed E-state index contributed by atoms with van der Waals surface area (Å²) in [6.07, 6.45) is 6.88. The Morgan fingerprint density at radius 2 is 2.27 bits per heavy atom. The molecule has 0 saturated heterocycles. The molecule has 0 aliphatic heterocycles. The van der Waals surface area contributed by atoms with Gasteiger partial charge < -0.3 is 4.74 Å². The van der Waals surface area contributed by atoms with Crippen LogP contribution in [0.3, 0.4) is 0 Å². The number of pyridine rings is 1. The Balaban J connectivity index is 2.50. The summed E-state index contributed by atoms with van der Waals surface area (Å²) in [5.41, 5.74) is 1.25. The summed E-state index contributed by atoms with van der Waals surface area (Å²) < 4.78 is 5.53. The second-order valence-corrected chi connectivity index (χ2v) is 5.26. The van der Waals surface area contributed by atoms with Gasteiger partial charge in [-0.1, -0.05) is 29.8 Å². The number of ether oxygens (including phenoxy) is 1. The van der Waals surface area contributed by atoms with Crippen molar-refractivity contribution in [2.24, 2.45) is 0 Å². The number of aryl methyl sites for hydroxylation is 1. The molecule has 84 valence electrons. The van der Waals surface area contributed by atoms with Crippen LogP contribution < -0.4 is 4.74 Å². The van der Waals surface area contributed by atoms with Crippen LogP contribution in [0.2, 0.25) is 0 Å². The van der Waals surface area contributed by atoms with E-state index in [-0.39, 0.29) is 0 Å². The van der Waals surface area contributed by atoms with Gasteiger partial charge in [0.05, 0.1) is 12.8 Å². The van der Waals surface area contributed by atoms with Gasteiger partial charge in [0.1, 0.15) is 5.75 Å². The maximum Gasteiger partial charge on any atom is 0.137 e. The van der Waals surface area contributed by atoms with Crippen molar-refractivity contribution in [1.82, 2.24) is 4.98 Å². The van der Waals surface area contributed by atoms with Gasteiger partial charge in [-0.3, -0.25) is 4.98 Å². The number of hydrogen-bond acceptors (Lipinski definition) is 2. The highest BCUT2D eigenvalue weighted by molar-refractivity contribution is 9.09. The first-order chi connectivity index (χ1) is 7.22. The van der Waals surface area contributed by atoms with Crippen molar-refractivity contribution in [3.8, 4) is 5.75 Å². The Kier molecular flexibility index (Phi) is 5.69. The van der Waals surface area contributed by atoms with Gasteiger partial charge >= 0.3 is 0 Å². The van der Waals surface area contributed by atoms with Crippen molar-refractivity contribution in [3.63, 3.8) is 0 Å². The van der Waals surface area contributed by atoms with Crippen molar-refractivity contribution in [1.29, 1.82) is 0 Å². The van der Waals surface area contributed by atoms with Crippen LogP contribution in [0, 0.1) is 0 Å². The van der Waals surface area contributed by atoms with Crippen LogP contribution >= 0.6 is 15.9 Å². The van der Waals surface area contributed by atoms with E-state index in [1.807, 2.05) is 6.20 Å². The molecular weight excluding hydrogens is 254 g/mol. The predicted octanol–water partition coefficient (Wildman–Crippen LogP) is 3.59. The highest BCUT2D eigenvalue weighted by Gasteiger charge is 2.00. The van der Waals surface area contributed by atoms with E-state index in [0.29, 0.717) is 4.83 Å². The van der Waals surface area contributed by atoms with E-state index in [1.165, 1.54) is 5.56 Å². The molecule has 0 bridgehead atoms. The second kappa shape index (κ2) is 6.83.